The zero-order valence-corrected chi connectivity index (χ0v) is 35.6. The Morgan fingerprint density at radius 3 is 1.51 bits per heavy atom. The molecule has 0 fully saturated rings. The van der Waals surface area contributed by atoms with Gasteiger partial charge in [0.2, 0.25) is 5.89 Å². The predicted molar refractivity (Wildman–Crippen MR) is 270 cm³/mol. The lowest BCUT2D eigenvalue weighted by atomic mass is 9.96. The van der Waals surface area contributed by atoms with Crippen LogP contribution in [0.4, 0.5) is 17.1 Å². The number of nitrogens with zero attached hydrogens (tertiary/aromatic N) is 2. The van der Waals surface area contributed by atoms with Crippen molar-refractivity contribution in [2.24, 2.45) is 0 Å². The van der Waals surface area contributed by atoms with E-state index in [0.717, 1.165) is 79.6 Å². The quantitative estimate of drug-likeness (QED) is 0.145. The first-order valence-corrected chi connectivity index (χ1v) is 22.2. The van der Waals surface area contributed by atoms with Gasteiger partial charge in [0.25, 0.3) is 0 Å². The van der Waals surface area contributed by atoms with Gasteiger partial charge >= 0.3 is 0 Å². The van der Waals surface area contributed by atoms with E-state index in [9.17, 15) is 0 Å². The Labute approximate surface area is 377 Å². The molecule has 9 aromatic carbocycles. The summed E-state index contributed by atoms with van der Waals surface area (Å²) in [5.41, 5.74) is 19.1. The number of fused-ring (bicyclic) bond motifs is 4. The lowest BCUT2D eigenvalue weighted by molar-refractivity contribution is 0.620. The molecule has 12 rings (SSSR count). The molecule has 0 N–H and O–H groups in total. The van der Waals surface area contributed by atoms with Crippen LogP contribution in [0.25, 0.3) is 94.6 Å². The van der Waals surface area contributed by atoms with Gasteiger partial charge < -0.3 is 13.7 Å². The van der Waals surface area contributed by atoms with Crippen molar-refractivity contribution in [2.45, 2.75) is 12.8 Å². The third-order valence-corrected chi connectivity index (χ3v) is 12.6. The summed E-state index contributed by atoms with van der Waals surface area (Å²) in [7, 11) is 0. The number of aromatic nitrogens is 1. The Bertz CT molecular complexity index is 3540. The van der Waals surface area contributed by atoms with E-state index in [2.05, 4.69) is 193 Å². The van der Waals surface area contributed by atoms with Gasteiger partial charge in [0, 0.05) is 39.5 Å². The van der Waals surface area contributed by atoms with Gasteiger partial charge in [-0.3, -0.25) is 0 Å². The standard InChI is InChI=1S/C61H42N2O2/c1-4-11-41(12-5-1)43-19-21-45(22-20-43)46-27-32-52(33-28-46)63(54-18-10-17-50(37-54)47-25-23-44(24-26-47)42-13-6-2-7-14-42)53-34-29-48(30-35-53)51-31-36-55-56-39-60-57(40-59(56)64-58(55)38-51)62-61(65-60)49-15-8-3-9-16-49/h1,3-6,8-40H,2,7H2. The number of allylic oxidation sites excluding steroid dienone is 4. The van der Waals surface area contributed by atoms with Gasteiger partial charge in [-0.25, -0.2) is 4.98 Å². The molecule has 308 valence electrons. The van der Waals surface area contributed by atoms with Crippen LogP contribution < -0.4 is 4.90 Å². The summed E-state index contributed by atoms with van der Waals surface area (Å²) in [5.74, 6) is 0.604. The van der Waals surface area contributed by atoms with E-state index in [1.807, 2.05) is 42.5 Å². The Hall–Kier alpha value is -8.47. The van der Waals surface area contributed by atoms with Gasteiger partial charge in [0.1, 0.15) is 16.7 Å². The Morgan fingerprint density at radius 2 is 0.877 bits per heavy atom. The van der Waals surface area contributed by atoms with E-state index in [0.29, 0.717) is 5.89 Å². The molecule has 0 saturated carbocycles. The molecule has 0 radical (unpaired) electrons. The van der Waals surface area contributed by atoms with Gasteiger partial charge in [-0.2, -0.15) is 0 Å². The first-order valence-electron chi connectivity index (χ1n) is 22.2. The van der Waals surface area contributed by atoms with Crippen LogP contribution in [-0.4, -0.2) is 4.98 Å². The smallest absolute Gasteiger partial charge is 0.227 e. The number of hydrogen-bond acceptors (Lipinski definition) is 4. The van der Waals surface area contributed by atoms with Crippen LogP contribution in [0.1, 0.15) is 18.4 Å². The van der Waals surface area contributed by atoms with Crippen LogP contribution in [0.2, 0.25) is 0 Å². The molecular formula is C61H42N2O2. The molecule has 4 nitrogen and oxygen atoms in total. The lowest BCUT2D eigenvalue weighted by Gasteiger charge is -2.26. The maximum Gasteiger partial charge on any atom is 0.227 e. The minimum absolute atomic E-state index is 0.604. The normalized spacial score (nSPS) is 12.5. The average Bonchev–Trinajstić information content (AvgIpc) is 3.97. The molecule has 2 aromatic heterocycles. The SMILES string of the molecule is C1=CC(c2ccc(-c3cccc(N(c4ccc(-c5ccc(-c6ccccc6)cc5)cc4)c4ccc(-c5ccc6c(c5)oc5cc7nc(-c8ccccc8)oc7cc56)cc4)c3)cc2)=CCC1. The Kier molecular flexibility index (Phi) is 9.61. The van der Waals surface area contributed by atoms with Crippen molar-refractivity contribution in [1.29, 1.82) is 0 Å². The second kappa shape index (κ2) is 16.3. The second-order valence-electron chi connectivity index (χ2n) is 16.7. The summed E-state index contributed by atoms with van der Waals surface area (Å²) in [6.45, 7) is 0. The van der Waals surface area contributed by atoms with Crippen LogP contribution in [0.3, 0.4) is 0 Å². The summed E-state index contributed by atoms with van der Waals surface area (Å²) in [6.07, 6.45) is 9.04. The molecule has 0 bridgehead atoms. The molecule has 0 saturated heterocycles. The molecule has 65 heavy (non-hydrogen) atoms. The monoisotopic (exact) mass is 834 g/mol. The van der Waals surface area contributed by atoms with Gasteiger partial charge in [-0.1, -0.05) is 158 Å². The Balaban J connectivity index is 0.873. The highest BCUT2D eigenvalue weighted by Gasteiger charge is 2.17. The summed E-state index contributed by atoms with van der Waals surface area (Å²) < 4.78 is 12.7. The zero-order chi connectivity index (χ0) is 43.1. The number of benzene rings is 9. The second-order valence-corrected chi connectivity index (χ2v) is 16.7. The molecule has 0 atom stereocenters. The predicted octanol–water partition coefficient (Wildman–Crippen LogP) is 17.3. The van der Waals surface area contributed by atoms with Crippen molar-refractivity contribution < 1.29 is 8.83 Å². The average molecular weight is 835 g/mol. The number of hydrogen-bond donors (Lipinski definition) is 0. The van der Waals surface area contributed by atoms with E-state index < -0.39 is 0 Å². The fraction of sp³-hybridized carbons (Fsp3) is 0.0328. The number of furan rings is 1. The lowest BCUT2D eigenvalue weighted by Crippen LogP contribution is -2.10. The molecule has 1 aliphatic carbocycles. The van der Waals surface area contributed by atoms with Crippen LogP contribution in [0.15, 0.2) is 239 Å². The maximum absolute atomic E-state index is 6.47. The summed E-state index contributed by atoms with van der Waals surface area (Å²) >= 11 is 0. The highest BCUT2D eigenvalue weighted by atomic mass is 16.4. The fourth-order valence-corrected chi connectivity index (χ4v) is 9.13. The number of rotatable bonds is 9. The van der Waals surface area contributed by atoms with Crippen molar-refractivity contribution in [2.75, 3.05) is 4.90 Å². The van der Waals surface area contributed by atoms with Crippen molar-refractivity contribution >= 4 is 55.7 Å². The summed E-state index contributed by atoms with van der Waals surface area (Å²) in [6, 6.07) is 75.4. The van der Waals surface area contributed by atoms with Gasteiger partial charge in [-0.15, -0.1) is 0 Å². The maximum atomic E-state index is 6.47. The van der Waals surface area contributed by atoms with E-state index in [1.54, 1.807) is 0 Å². The van der Waals surface area contributed by atoms with Crippen molar-refractivity contribution in [3.05, 3.63) is 236 Å². The third-order valence-electron chi connectivity index (χ3n) is 12.6. The fourth-order valence-electron chi connectivity index (χ4n) is 9.13. The van der Waals surface area contributed by atoms with E-state index >= 15 is 0 Å². The first-order chi connectivity index (χ1) is 32.2. The van der Waals surface area contributed by atoms with Crippen LogP contribution in [-0.2, 0) is 0 Å². The number of oxazole rings is 1. The molecule has 4 heteroatoms. The van der Waals surface area contributed by atoms with Crippen LogP contribution >= 0.6 is 0 Å². The molecule has 0 unspecified atom stereocenters. The number of anilines is 3. The topological polar surface area (TPSA) is 42.4 Å². The zero-order valence-electron chi connectivity index (χ0n) is 35.6. The molecular weight excluding hydrogens is 793 g/mol. The van der Waals surface area contributed by atoms with Crippen molar-refractivity contribution in [1.82, 2.24) is 4.98 Å². The van der Waals surface area contributed by atoms with Gasteiger partial charge in [0.15, 0.2) is 5.58 Å². The molecule has 0 amide bonds. The highest BCUT2D eigenvalue weighted by molar-refractivity contribution is 6.09. The first kappa shape index (κ1) is 38.2. The molecule has 2 heterocycles. The van der Waals surface area contributed by atoms with Crippen LogP contribution in [0, 0.1) is 0 Å². The largest absolute Gasteiger partial charge is 0.456 e. The highest BCUT2D eigenvalue weighted by Crippen LogP contribution is 2.40. The summed E-state index contributed by atoms with van der Waals surface area (Å²) in [5, 5.41) is 2.05. The molecule has 1 aliphatic rings. The molecule has 11 aromatic rings. The summed E-state index contributed by atoms with van der Waals surface area (Å²) in [4.78, 5) is 7.11. The van der Waals surface area contributed by atoms with E-state index in [-0.39, 0.29) is 0 Å². The minimum Gasteiger partial charge on any atom is -0.456 e. The van der Waals surface area contributed by atoms with Gasteiger partial charge in [0.05, 0.1) is 0 Å². The minimum atomic E-state index is 0.604. The molecule has 0 aliphatic heterocycles. The van der Waals surface area contributed by atoms with E-state index in [4.69, 9.17) is 13.8 Å². The van der Waals surface area contributed by atoms with Gasteiger partial charge in [-0.05, 0) is 135 Å². The van der Waals surface area contributed by atoms with Crippen molar-refractivity contribution in [3.8, 4) is 56.0 Å². The van der Waals surface area contributed by atoms with E-state index in [1.165, 1.54) is 44.5 Å². The van der Waals surface area contributed by atoms with Crippen molar-refractivity contribution in [3.63, 3.8) is 0 Å². The Morgan fingerprint density at radius 1 is 0.354 bits per heavy atom. The third kappa shape index (κ3) is 7.41. The molecule has 0 spiro atoms. The van der Waals surface area contributed by atoms with Crippen LogP contribution in [0.5, 0.6) is 0 Å².